The van der Waals surface area contributed by atoms with Gasteiger partial charge in [-0.05, 0) is 39.2 Å². The zero-order chi connectivity index (χ0) is 14.2. The van der Waals surface area contributed by atoms with Crippen molar-refractivity contribution < 1.29 is 4.52 Å². The molecule has 112 valence electrons. The maximum absolute atomic E-state index is 5.49. The van der Waals surface area contributed by atoms with Crippen molar-refractivity contribution >= 4 is 0 Å². The van der Waals surface area contributed by atoms with Crippen molar-refractivity contribution in [2.45, 2.75) is 57.2 Å². The first-order valence-corrected chi connectivity index (χ1v) is 7.73. The van der Waals surface area contributed by atoms with Crippen molar-refractivity contribution in [1.82, 2.24) is 29.8 Å². The van der Waals surface area contributed by atoms with Crippen LogP contribution in [0.4, 0.5) is 0 Å². The first kappa shape index (κ1) is 12.9. The minimum atomic E-state index is 0.168. The molecule has 0 bridgehead atoms. The van der Waals surface area contributed by atoms with Gasteiger partial charge in [0, 0.05) is 12.0 Å². The second-order valence-corrected chi connectivity index (χ2v) is 6.09. The highest BCUT2D eigenvalue weighted by molar-refractivity contribution is 5.05. The standard InChI is InChI=1S/C14H20N6O/c1-10(14-17-13(18-21-14)11-4-5-11)20-6-2-3-12(20)7-19-9-15-8-16-19/h8-12H,2-7H2,1H3/t10-,12+/m1/s1. The summed E-state index contributed by atoms with van der Waals surface area (Å²) in [4.78, 5) is 11.1. The lowest BCUT2D eigenvalue weighted by molar-refractivity contribution is 0.144. The number of rotatable bonds is 5. The minimum Gasteiger partial charge on any atom is -0.338 e. The predicted molar refractivity (Wildman–Crippen MR) is 74.4 cm³/mol. The molecule has 0 N–H and O–H groups in total. The van der Waals surface area contributed by atoms with Crippen molar-refractivity contribution in [2.75, 3.05) is 6.54 Å². The average Bonchev–Trinajstić information content (AvgIpc) is 2.96. The van der Waals surface area contributed by atoms with Gasteiger partial charge in [-0.1, -0.05) is 5.16 Å². The monoisotopic (exact) mass is 288 g/mol. The topological polar surface area (TPSA) is 72.9 Å². The van der Waals surface area contributed by atoms with E-state index in [0.29, 0.717) is 12.0 Å². The predicted octanol–water partition coefficient (Wildman–Crippen LogP) is 1.76. The summed E-state index contributed by atoms with van der Waals surface area (Å²) in [6.07, 6.45) is 8.14. The maximum atomic E-state index is 5.49. The summed E-state index contributed by atoms with van der Waals surface area (Å²) in [5.41, 5.74) is 0. The highest BCUT2D eigenvalue weighted by Crippen LogP contribution is 2.39. The van der Waals surface area contributed by atoms with Gasteiger partial charge in [-0.3, -0.25) is 9.58 Å². The van der Waals surface area contributed by atoms with E-state index in [1.165, 1.54) is 25.7 Å². The third kappa shape index (κ3) is 2.57. The molecule has 1 aliphatic heterocycles. The van der Waals surface area contributed by atoms with Crippen LogP contribution in [0.5, 0.6) is 0 Å². The number of aromatic nitrogens is 5. The second kappa shape index (κ2) is 5.22. The molecule has 0 unspecified atom stereocenters. The quantitative estimate of drug-likeness (QED) is 0.834. The summed E-state index contributed by atoms with van der Waals surface area (Å²) in [5, 5.41) is 8.34. The Balaban J connectivity index is 1.47. The van der Waals surface area contributed by atoms with Gasteiger partial charge in [0.05, 0.1) is 12.6 Å². The molecule has 1 saturated carbocycles. The minimum absolute atomic E-state index is 0.168. The summed E-state index contributed by atoms with van der Waals surface area (Å²) in [6, 6.07) is 0.624. The molecule has 2 aliphatic rings. The van der Waals surface area contributed by atoms with Crippen molar-refractivity contribution in [3.05, 3.63) is 24.4 Å². The zero-order valence-electron chi connectivity index (χ0n) is 12.2. The van der Waals surface area contributed by atoms with Crippen molar-refractivity contribution in [3.63, 3.8) is 0 Å². The third-order valence-electron chi connectivity index (χ3n) is 4.54. The molecule has 2 aromatic heterocycles. The van der Waals surface area contributed by atoms with Crippen LogP contribution in [0.1, 0.15) is 56.3 Å². The molecule has 4 rings (SSSR count). The van der Waals surface area contributed by atoms with E-state index >= 15 is 0 Å². The first-order chi connectivity index (χ1) is 10.3. The molecular weight excluding hydrogens is 268 g/mol. The Hall–Kier alpha value is -1.76. The molecule has 7 heteroatoms. The van der Waals surface area contributed by atoms with E-state index in [9.17, 15) is 0 Å². The molecule has 2 fully saturated rings. The summed E-state index contributed by atoms with van der Waals surface area (Å²) in [6.45, 7) is 4.10. The smallest absolute Gasteiger partial charge is 0.243 e. The number of hydrogen-bond donors (Lipinski definition) is 0. The van der Waals surface area contributed by atoms with E-state index in [2.05, 4.69) is 32.0 Å². The fourth-order valence-electron chi connectivity index (χ4n) is 3.17. The Morgan fingerprint density at radius 1 is 1.38 bits per heavy atom. The van der Waals surface area contributed by atoms with Crippen LogP contribution in [0.15, 0.2) is 17.2 Å². The van der Waals surface area contributed by atoms with E-state index in [4.69, 9.17) is 4.52 Å². The lowest BCUT2D eigenvalue weighted by atomic mass is 10.2. The SMILES string of the molecule is C[C@H](c1nc(C2CC2)no1)N1CCC[C@H]1Cn1cncn1. The van der Waals surface area contributed by atoms with Gasteiger partial charge < -0.3 is 4.52 Å². The largest absolute Gasteiger partial charge is 0.338 e. The van der Waals surface area contributed by atoms with Crippen LogP contribution in [0, 0.1) is 0 Å². The van der Waals surface area contributed by atoms with Crippen LogP contribution >= 0.6 is 0 Å². The van der Waals surface area contributed by atoms with Gasteiger partial charge in [-0.25, -0.2) is 4.98 Å². The number of nitrogens with zero attached hydrogens (tertiary/aromatic N) is 6. The highest BCUT2D eigenvalue weighted by atomic mass is 16.5. The fourth-order valence-corrected chi connectivity index (χ4v) is 3.17. The van der Waals surface area contributed by atoms with Gasteiger partial charge in [0.25, 0.3) is 0 Å². The fraction of sp³-hybridized carbons (Fsp3) is 0.714. The normalized spacial score (nSPS) is 24.5. The van der Waals surface area contributed by atoms with Gasteiger partial charge in [0.1, 0.15) is 12.7 Å². The van der Waals surface area contributed by atoms with E-state index < -0.39 is 0 Å². The van der Waals surface area contributed by atoms with E-state index in [-0.39, 0.29) is 6.04 Å². The Kier molecular flexibility index (Phi) is 3.21. The van der Waals surface area contributed by atoms with Crippen LogP contribution in [-0.2, 0) is 6.54 Å². The average molecular weight is 288 g/mol. The summed E-state index contributed by atoms with van der Waals surface area (Å²) < 4.78 is 7.39. The third-order valence-corrected chi connectivity index (χ3v) is 4.54. The number of likely N-dealkylation sites (tertiary alicyclic amines) is 1. The second-order valence-electron chi connectivity index (χ2n) is 6.09. The lowest BCUT2D eigenvalue weighted by Gasteiger charge is -2.28. The molecular formula is C14H20N6O. The molecule has 7 nitrogen and oxygen atoms in total. The van der Waals surface area contributed by atoms with Crippen LogP contribution in [-0.4, -0.2) is 42.4 Å². The van der Waals surface area contributed by atoms with E-state index in [1.54, 1.807) is 12.7 Å². The zero-order valence-corrected chi connectivity index (χ0v) is 12.2. The van der Waals surface area contributed by atoms with Crippen molar-refractivity contribution in [3.8, 4) is 0 Å². The molecule has 21 heavy (non-hydrogen) atoms. The van der Waals surface area contributed by atoms with Gasteiger partial charge in [-0.2, -0.15) is 10.1 Å². The maximum Gasteiger partial charge on any atom is 0.243 e. The van der Waals surface area contributed by atoms with E-state index in [1.807, 2.05) is 4.68 Å². The van der Waals surface area contributed by atoms with E-state index in [0.717, 1.165) is 24.8 Å². The van der Waals surface area contributed by atoms with Crippen molar-refractivity contribution in [1.29, 1.82) is 0 Å². The summed E-state index contributed by atoms with van der Waals surface area (Å²) in [7, 11) is 0. The Morgan fingerprint density at radius 3 is 3.05 bits per heavy atom. The molecule has 0 amide bonds. The van der Waals surface area contributed by atoms with Gasteiger partial charge >= 0.3 is 0 Å². The molecule has 3 heterocycles. The van der Waals surface area contributed by atoms with Crippen molar-refractivity contribution in [2.24, 2.45) is 0 Å². The molecule has 0 aromatic carbocycles. The molecule has 2 atom stereocenters. The van der Waals surface area contributed by atoms with Gasteiger partial charge in [-0.15, -0.1) is 0 Å². The van der Waals surface area contributed by atoms with Gasteiger partial charge in [0.2, 0.25) is 5.89 Å². The summed E-state index contributed by atoms with van der Waals surface area (Å²) >= 11 is 0. The first-order valence-electron chi connectivity index (χ1n) is 7.73. The Bertz CT molecular complexity index is 590. The lowest BCUT2D eigenvalue weighted by Crippen LogP contribution is -2.35. The highest BCUT2D eigenvalue weighted by Gasteiger charge is 2.34. The Labute approximate surface area is 123 Å². The molecule has 2 aromatic rings. The summed E-state index contributed by atoms with van der Waals surface area (Å²) in [5.74, 6) is 2.19. The number of hydrogen-bond acceptors (Lipinski definition) is 6. The van der Waals surface area contributed by atoms with Crippen LogP contribution in [0.3, 0.4) is 0 Å². The van der Waals surface area contributed by atoms with Crippen LogP contribution in [0.25, 0.3) is 0 Å². The van der Waals surface area contributed by atoms with Crippen LogP contribution < -0.4 is 0 Å². The van der Waals surface area contributed by atoms with Crippen LogP contribution in [0.2, 0.25) is 0 Å². The molecule has 1 aliphatic carbocycles. The molecule has 0 spiro atoms. The molecule has 1 saturated heterocycles. The Morgan fingerprint density at radius 2 is 2.29 bits per heavy atom. The molecule has 0 radical (unpaired) electrons. The van der Waals surface area contributed by atoms with Gasteiger partial charge in [0.15, 0.2) is 5.82 Å².